The molecule has 0 spiro atoms. The first kappa shape index (κ1) is 12.0. The average molecular weight is 248 g/mol. The van der Waals surface area contributed by atoms with Gasteiger partial charge in [-0.1, -0.05) is 0 Å². The van der Waals surface area contributed by atoms with Gasteiger partial charge >= 0.3 is 0 Å². The molecule has 0 amide bonds. The van der Waals surface area contributed by atoms with Crippen molar-refractivity contribution in [3.8, 4) is 0 Å². The number of hydrogen-bond donors (Lipinski definition) is 2. The van der Waals surface area contributed by atoms with Crippen LogP contribution in [0.15, 0.2) is 36.4 Å². The molecule has 0 aliphatic rings. The number of nitrogen functional groups attached to an aromatic ring is 2. The van der Waals surface area contributed by atoms with Gasteiger partial charge in [0.1, 0.15) is 11.6 Å². The number of carbonyl (C=O) groups excluding carboxylic acids is 1. The van der Waals surface area contributed by atoms with Crippen LogP contribution >= 0.6 is 0 Å². The van der Waals surface area contributed by atoms with E-state index in [1.807, 2.05) is 0 Å². The molecule has 2 aromatic carbocycles. The third kappa shape index (κ3) is 2.45. The normalized spacial score (nSPS) is 10.3. The predicted molar refractivity (Wildman–Crippen MR) is 65.1 cm³/mol. The molecule has 0 unspecified atom stereocenters. The second-order valence-electron chi connectivity index (χ2n) is 3.88. The fourth-order valence-electron chi connectivity index (χ4n) is 1.65. The van der Waals surface area contributed by atoms with Crippen molar-refractivity contribution in [2.24, 2.45) is 0 Å². The summed E-state index contributed by atoms with van der Waals surface area (Å²) in [5.74, 6) is -1.78. The maximum Gasteiger partial charge on any atom is 0.193 e. The van der Waals surface area contributed by atoms with Gasteiger partial charge in [0.15, 0.2) is 5.78 Å². The molecule has 0 aliphatic carbocycles. The van der Waals surface area contributed by atoms with Crippen LogP contribution in [-0.2, 0) is 0 Å². The zero-order valence-electron chi connectivity index (χ0n) is 9.28. The van der Waals surface area contributed by atoms with Gasteiger partial charge in [-0.15, -0.1) is 0 Å². The molecule has 0 aliphatic heterocycles. The topological polar surface area (TPSA) is 69.1 Å². The summed E-state index contributed by atoms with van der Waals surface area (Å²) in [6, 6.07) is 6.92. The highest BCUT2D eigenvalue weighted by Gasteiger charge is 2.12. The minimum Gasteiger partial charge on any atom is -0.399 e. The summed E-state index contributed by atoms with van der Waals surface area (Å²) in [5, 5.41) is 0. The first-order valence-electron chi connectivity index (χ1n) is 5.12. The summed E-state index contributed by atoms with van der Waals surface area (Å²) in [7, 11) is 0. The van der Waals surface area contributed by atoms with E-state index in [-0.39, 0.29) is 22.5 Å². The first-order chi connectivity index (χ1) is 8.45. The Morgan fingerprint density at radius 2 is 1.17 bits per heavy atom. The van der Waals surface area contributed by atoms with E-state index >= 15 is 0 Å². The lowest BCUT2D eigenvalue weighted by Gasteiger charge is -2.04. The highest BCUT2D eigenvalue weighted by Crippen LogP contribution is 2.18. The van der Waals surface area contributed by atoms with Crippen LogP contribution in [-0.4, -0.2) is 5.78 Å². The third-order valence-electron chi connectivity index (χ3n) is 2.36. The smallest absolute Gasteiger partial charge is 0.193 e. The fraction of sp³-hybridized carbons (Fsp3) is 0. The van der Waals surface area contributed by atoms with Gasteiger partial charge in [-0.05, 0) is 36.4 Å². The van der Waals surface area contributed by atoms with Crippen molar-refractivity contribution in [3.63, 3.8) is 0 Å². The number of carbonyl (C=O) groups is 1. The largest absolute Gasteiger partial charge is 0.399 e. The summed E-state index contributed by atoms with van der Waals surface area (Å²) in [6.07, 6.45) is 0. The number of anilines is 2. The van der Waals surface area contributed by atoms with Crippen LogP contribution in [0.2, 0.25) is 0 Å². The van der Waals surface area contributed by atoms with Crippen LogP contribution in [0.3, 0.4) is 0 Å². The Bertz CT molecular complexity index is 532. The molecule has 4 N–H and O–H groups in total. The van der Waals surface area contributed by atoms with Crippen molar-refractivity contribution < 1.29 is 13.6 Å². The summed E-state index contributed by atoms with van der Waals surface area (Å²) >= 11 is 0. The van der Waals surface area contributed by atoms with Gasteiger partial charge < -0.3 is 11.5 Å². The number of halogens is 2. The van der Waals surface area contributed by atoms with E-state index in [2.05, 4.69) is 0 Å². The highest BCUT2D eigenvalue weighted by atomic mass is 19.1. The number of hydrogen-bond acceptors (Lipinski definition) is 3. The molecule has 0 atom stereocenters. The van der Waals surface area contributed by atoms with E-state index in [4.69, 9.17) is 11.5 Å². The van der Waals surface area contributed by atoms with Crippen LogP contribution in [0.25, 0.3) is 0 Å². The lowest BCUT2D eigenvalue weighted by Crippen LogP contribution is -2.04. The fourth-order valence-corrected chi connectivity index (χ4v) is 1.65. The molecule has 92 valence electrons. The van der Waals surface area contributed by atoms with Crippen LogP contribution in [0.1, 0.15) is 15.9 Å². The number of benzene rings is 2. The van der Waals surface area contributed by atoms with Gasteiger partial charge in [-0.2, -0.15) is 0 Å². The van der Waals surface area contributed by atoms with E-state index in [0.29, 0.717) is 0 Å². The average Bonchev–Trinajstić information content (AvgIpc) is 2.25. The molecule has 2 aromatic rings. The maximum atomic E-state index is 13.1. The van der Waals surface area contributed by atoms with E-state index in [1.54, 1.807) is 0 Å². The third-order valence-corrected chi connectivity index (χ3v) is 2.36. The Hall–Kier alpha value is -2.43. The molecular weight excluding hydrogens is 238 g/mol. The quantitative estimate of drug-likeness (QED) is 0.633. The Labute approximate surface area is 102 Å². The number of nitrogens with two attached hydrogens (primary N) is 2. The molecule has 0 aromatic heterocycles. The van der Waals surface area contributed by atoms with Crippen molar-refractivity contribution in [2.75, 3.05) is 11.5 Å². The first-order valence-corrected chi connectivity index (χ1v) is 5.12. The van der Waals surface area contributed by atoms with Gasteiger partial charge in [0.05, 0.1) is 0 Å². The number of rotatable bonds is 2. The Morgan fingerprint density at radius 3 is 1.50 bits per heavy atom. The number of ketones is 1. The SMILES string of the molecule is Nc1cc(F)cc(C(=O)c2cc(N)cc(F)c2)c1. The van der Waals surface area contributed by atoms with Gasteiger partial charge in [0.25, 0.3) is 0 Å². The molecule has 0 radical (unpaired) electrons. The highest BCUT2D eigenvalue weighted by molar-refractivity contribution is 6.09. The lowest BCUT2D eigenvalue weighted by molar-refractivity contribution is 0.103. The molecule has 18 heavy (non-hydrogen) atoms. The van der Waals surface area contributed by atoms with Crippen molar-refractivity contribution in [3.05, 3.63) is 59.2 Å². The van der Waals surface area contributed by atoms with Crippen molar-refractivity contribution in [1.82, 2.24) is 0 Å². The van der Waals surface area contributed by atoms with Gasteiger partial charge in [-0.3, -0.25) is 4.79 Å². The minimum atomic E-state index is -0.622. The van der Waals surface area contributed by atoms with Crippen LogP contribution in [0.4, 0.5) is 20.2 Å². The second-order valence-corrected chi connectivity index (χ2v) is 3.88. The molecule has 3 nitrogen and oxygen atoms in total. The molecule has 0 saturated carbocycles. The van der Waals surface area contributed by atoms with E-state index in [1.165, 1.54) is 12.1 Å². The summed E-state index contributed by atoms with van der Waals surface area (Å²) in [4.78, 5) is 12.0. The van der Waals surface area contributed by atoms with Gasteiger partial charge in [-0.25, -0.2) is 8.78 Å². The summed E-state index contributed by atoms with van der Waals surface area (Å²) < 4.78 is 26.3. The molecule has 0 heterocycles. The van der Waals surface area contributed by atoms with Crippen LogP contribution in [0, 0.1) is 11.6 Å². The van der Waals surface area contributed by atoms with Gasteiger partial charge in [0.2, 0.25) is 0 Å². The minimum absolute atomic E-state index is 0.0532. The Balaban J connectivity index is 2.47. The van der Waals surface area contributed by atoms with Crippen LogP contribution < -0.4 is 11.5 Å². The maximum absolute atomic E-state index is 13.1. The summed E-state index contributed by atoms with van der Waals surface area (Å²) in [5.41, 5.74) is 11.2. The monoisotopic (exact) mass is 248 g/mol. The molecule has 0 saturated heterocycles. The van der Waals surface area contributed by atoms with Crippen molar-refractivity contribution in [1.29, 1.82) is 0 Å². The van der Waals surface area contributed by atoms with E-state index < -0.39 is 17.4 Å². The van der Waals surface area contributed by atoms with Crippen LogP contribution in [0.5, 0.6) is 0 Å². The van der Waals surface area contributed by atoms with Gasteiger partial charge in [0, 0.05) is 22.5 Å². The molecule has 0 fully saturated rings. The zero-order valence-corrected chi connectivity index (χ0v) is 9.28. The van der Waals surface area contributed by atoms with Crippen molar-refractivity contribution >= 4 is 17.2 Å². The Kier molecular flexibility index (Phi) is 2.97. The summed E-state index contributed by atoms with van der Waals surface area (Å²) in [6.45, 7) is 0. The molecule has 0 bridgehead atoms. The molecular formula is C13H10F2N2O. The standard InChI is InChI=1S/C13H10F2N2O/c14-9-1-7(3-11(16)5-9)13(18)8-2-10(15)6-12(17)4-8/h1-6H,16-17H2. The van der Waals surface area contributed by atoms with Crippen molar-refractivity contribution in [2.45, 2.75) is 0 Å². The molecule has 5 heteroatoms. The van der Waals surface area contributed by atoms with E-state index in [0.717, 1.165) is 24.3 Å². The zero-order chi connectivity index (χ0) is 13.3. The second kappa shape index (κ2) is 4.44. The molecule has 2 rings (SSSR count). The lowest BCUT2D eigenvalue weighted by atomic mass is 10.0. The van der Waals surface area contributed by atoms with E-state index in [9.17, 15) is 13.6 Å². The predicted octanol–water partition coefficient (Wildman–Crippen LogP) is 2.36. The Morgan fingerprint density at radius 1 is 0.778 bits per heavy atom.